The molecule has 3 rings (SSSR count). The lowest BCUT2D eigenvalue weighted by atomic mass is 10.1. The van der Waals surface area contributed by atoms with Crippen molar-refractivity contribution in [1.82, 2.24) is 4.90 Å². The number of halogens is 1. The zero-order valence-electron chi connectivity index (χ0n) is 16.1. The molecule has 2 aliphatic heterocycles. The number of carboxylic acid groups (broad SMARTS) is 1. The Labute approximate surface area is 167 Å². The zero-order chi connectivity index (χ0) is 21.0. The number of benzene rings is 1. The van der Waals surface area contributed by atoms with Gasteiger partial charge in [-0.05, 0) is 43.0 Å². The van der Waals surface area contributed by atoms with E-state index in [0.717, 1.165) is 19.3 Å². The molecule has 10 nitrogen and oxygen atoms in total. The van der Waals surface area contributed by atoms with Crippen LogP contribution >= 0.6 is 0 Å². The molecule has 1 unspecified atom stereocenters. The van der Waals surface area contributed by atoms with Crippen molar-refractivity contribution < 1.29 is 23.8 Å². The standard InChI is InChI=1S/C18H23FN6O4/c1-23(13-4-2-3-7-24(10-13)17(26)27)16-6-5-12(8-15(16)19)25-11-14(9-21-22-20)29-18(25)28/h5-6,8,13-14H,2-4,7,9-11H2,1H3,(H,26,27)/t13?,14-/m0/s1. The van der Waals surface area contributed by atoms with Crippen LogP contribution in [0.1, 0.15) is 19.3 Å². The first kappa shape index (κ1) is 20.5. The normalized spacial score (nSPS) is 21.9. The number of likely N-dealkylation sites (N-methyl/N-ethyl adjacent to an activating group) is 1. The summed E-state index contributed by atoms with van der Waals surface area (Å²) in [5, 5.41) is 12.7. The van der Waals surface area contributed by atoms with Crippen molar-refractivity contribution >= 4 is 23.6 Å². The van der Waals surface area contributed by atoms with Crippen molar-refractivity contribution in [3.05, 3.63) is 34.5 Å². The van der Waals surface area contributed by atoms with Crippen molar-refractivity contribution in [3.63, 3.8) is 0 Å². The highest BCUT2D eigenvalue weighted by Gasteiger charge is 2.33. The Morgan fingerprint density at radius 3 is 2.93 bits per heavy atom. The third kappa shape index (κ3) is 4.62. The monoisotopic (exact) mass is 406 g/mol. The number of anilines is 2. The Morgan fingerprint density at radius 1 is 1.45 bits per heavy atom. The van der Waals surface area contributed by atoms with Crippen LogP contribution in [-0.2, 0) is 4.74 Å². The predicted molar refractivity (Wildman–Crippen MR) is 104 cm³/mol. The summed E-state index contributed by atoms with van der Waals surface area (Å²) in [7, 11) is 1.74. The van der Waals surface area contributed by atoms with Gasteiger partial charge in [-0.1, -0.05) is 5.11 Å². The predicted octanol–water partition coefficient (Wildman–Crippen LogP) is 3.43. The Balaban J connectivity index is 1.74. The first-order valence-corrected chi connectivity index (χ1v) is 9.40. The number of nitrogens with zero attached hydrogens (tertiary/aromatic N) is 6. The summed E-state index contributed by atoms with van der Waals surface area (Å²) in [6.45, 7) is 0.980. The van der Waals surface area contributed by atoms with Crippen LogP contribution in [0.5, 0.6) is 0 Å². The fourth-order valence-corrected chi connectivity index (χ4v) is 3.71. The van der Waals surface area contributed by atoms with Crippen LogP contribution in [0.4, 0.5) is 25.4 Å². The molecule has 2 amide bonds. The Morgan fingerprint density at radius 2 is 2.24 bits per heavy atom. The van der Waals surface area contributed by atoms with E-state index in [1.807, 2.05) is 0 Å². The lowest BCUT2D eigenvalue weighted by Crippen LogP contribution is -2.43. The molecule has 2 heterocycles. The SMILES string of the molecule is CN(c1ccc(N2C[C@H](CN=[N+]=[N-])OC2=O)cc1F)C1CCCCN(C(=O)O)C1. The van der Waals surface area contributed by atoms with E-state index in [2.05, 4.69) is 10.0 Å². The summed E-state index contributed by atoms with van der Waals surface area (Å²) in [6.07, 6.45) is 0.253. The van der Waals surface area contributed by atoms with Crippen LogP contribution in [0.15, 0.2) is 23.3 Å². The molecule has 2 fully saturated rings. The zero-order valence-corrected chi connectivity index (χ0v) is 16.1. The molecule has 1 aromatic carbocycles. The molecule has 29 heavy (non-hydrogen) atoms. The van der Waals surface area contributed by atoms with E-state index in [-0.39, 0.29) is 19.1 Å². The van der Waals surface area contributed by atoms with Gasteiger partial charge in [0.2, 0.25) is 0 Å². The summed E-state index contributed by atoms with van der Waals surface area (Å²) in [6, 6.07) is 4.32. The van der Waals surface area contributed by atoms with E-state index >= 15 is 0 Å². The number of ether oxygens (including phenoxy) is 1. The molecule has 0 saturated carbocycles. The summed E-state index contributed by atoms with van der Waals surface area (Å²) < 4.78 is 20.0. The molecular weight excluding hydrogens is 383 g/mol. The average Bonchev–Trinajstić information content (AvgIpc) is 2.90. The maximum atomic E-state index is 14.9. The highest BCUT2D eigenvalue weighted by molar-refractivity contribution is 5.90. The number of rotatable bonds is 5. The largest absolute Gasteiger partial charge is 0.465 e. The Kier molecular flexibility index (Phi) is 6.28. The third-order valence-electron chi connectivity index (χ3n) is 5.31. The highest BCUT2D eigenvalue weighted by atomic mass is 19.1. The number of amides is 2. The summed E-state index contributed by atoms with van der Waals surface area (Å²) >= 11 is 0. The van der Waals surface area contributed by atoms with Crippen molar-refractivity contribution in [2.45, 2.75) is 31.4 Å². The number of cyclic esters (lactones) is 1. The van der Waals surface area contributed by atoms with E-state index in [4.69, 9.17) is 10.3 Å². The number of likely N-dealkylation sites (tertiary alicyclic amines) is 1. The minimum absolute atomic E-state index is 0.0177. The van der Waals surface area contributed by atoms with Crippen LogP contribution < -0.4 is 9.80 Å². The summed E-state index contributed by atoms with van der Waals surface area (Å²) in [5.41, 5.74) is 9.07. The van der Waals surface area contributed by atoms with Gasteiger partial charge in [0.1, 0.15) is 11.9 Å². The quantitative estimate of drug-likeness (QED) is 0.456. The van der Waals surface area contributed by atoms with Gasteiger partial charge in [0.25, 0.3) is 0 Å². The molecular formula is C18H23FN6O4. The maximum Gasteiger partial charge on any atom is 0.414 e. The van der Waals surface area contributed by atoms with E-state index in [1.165, 1.54) is 15.9 Å². The van der Waals surface area contributed by atoms with Crippen LogP contribution in [0, 0.1) is 5.82 Å². The van der Waals surface area contributed by atoms with Crippen LogP contribution in [0.3, 0.4) is 0 Å². The van der Waals surface area contributed by atoms with Gasteiger partial charge in [-0.2, -0.15) is 0 Å². The fraction of sp³-hybridized carbons (Fsp3) is 0.556. The second-order valence-electron chi connectivity index (χ2n) is 7.15. The first-order valence-electron chi connectivity index (χ1n) is 9.40. The summed E-state index contributed by atoms with van der Waals surface area (Å²) in [5.74, 6) is -0.512. The first-order chi connectivity index (χ1) is 13.9. The molecule has 1 aromatic rings. The van der Waals surface area contributed by atoms with Crippen molar-refractivity contribution in [3.8, 4) is 0 Å². The van der Waals surface area contributed by atoms with Gasteiger partial charge in [-0.15, -0.1) is 0 Å². The van der Waals surface area contributed by atoms with Crippen molar-refractivity contribution in [1.29, 1.82) is 0 Å². The van der Waals surface area contributed by atoms with E-state index in [0.29, 0.717) is 24.5 Å². The molecule has 0 bridgehead atoms. The molecule has 0 radical (unpaired) electrons. The molecule has 2 saturated heterocycles. The molecule has 2 aliphatic rings. The van der Waals surface area contributed by atoms with Gasteiger partial charge in [-0.3, -0.25) is 4.90 Å². The summed E-state index contributed by atoms with van der Waals surface area (Å²) in [4.78, 5) is 30.5. The smallest absolute Gasteiger partial charge is 0.414 e. The van der Waals surface area contributed by atoms with E-state index < -0.39 is 24.1 Å². The molecule has 1 N–H and O–H groups in total. The average molecular weight is 406 g/mol. The highest BCUT2D eigenvalue weighted by Crippen LogP contribution is 2.29. The van der Waals surface area contributed by atoms with Gasteiger partial charge >= 0.3 is 12.2 Å². The topological polar surface area (TPSA) is 122 Å². The molecule has 2 atom stereocenters. The van der Waals surface area contributed by atoms with Gasteiger partial charge < -0.3 is 19.6 Å². The minimum atomic E-state index is -0.969. The second-order valence-corrected chi connectivity index (χ2v) is 7.15. The van der Waals surface area contributed by atoms with Crippen molar-refractivity contribution in [2.75, 3.05) is 43.0 Å². The van der Waals surface area contributed by atoms with E-state index in [9.17, 15) is 19.1 Å². The number of hydrogen-bond acceptors (Lipinski definition) is 5. The van der Waals surface area contributed by atoms with Gasteiger partial charge in [0.15, 0.2) is 0 Å². The number of carbonyl (C=O) groups is 2. The second kappa shape index (κ2) is 8.87. The van der Waals surface area contributed by atoms with Gasteiger partial charge in [0, 0.05) is 31.1 Å². The van der Waals surface area contributed by atoms with Gasteiger partial charge in [0.05, 0.1) is 24.5 Å². The number of hydrogen-bond donors (Lipinski definition) is 1. The van der Waals surface area contributed by atoms with Crippen LogP contribution in [0.25, 0.3) is 10.4 Å². The Hall–Kier alpha value is -3.20. The lowest BCUT2D eigenvalue weighted by Gasteiger charge is -2.32. The molecule has 0 spiro atoms. The van der Waals surface area contributed by atoms with Crippen molar-refractivity contribution in [2.24, 2.45) is 5.11 Å². The molecule has 0 aliphatic carbocycles. The van der Waals surface area contributed by atoms with Crippen LogP contribution in [-0.4, -0.2) is 67.6 Å². The molecule has 0 aromatic heterocycles. The third-order valence-corrected chi connectivity index (χ3v) is 5.31. The van der Waals surface area contributed by atoms with Gasteiger partial charge in [-0.25, -0.2) is 14.0 Å². The Bertz CT molecular complexity index is 831. The van der Waals surface area contributed by atoms with Crippen LogP contribution in [0.2, 0.25) is 0 Å². The fourth-order valence-electron chi connectivity index (χ4n) is 3.71. The minimum Gasteiger partial charge on any atom is -0.465 e. The number of carbonyl (C=O) groups excluding carboxylic acids is 1. The molecule has 11 heteroatoms. The number of azide groups is 1. The van der Waals surface area contributed by atoms with E-state index in [1.54, 1.807) is 24.1 Å². The molecule has 156 valence electrons. The lowest BCUT2D eigenvalue weighted by molar-refractivity contribution is 0.144. The maximum absolute atomic E-state index is 14.9.